The molecule has 0 N–H and O–H groups in total. The van der Waals surface area contributed by atoms with Crippen LogP contribution in [-0.2, 0) is 16.1 Å². The Labute approximate surface area is 150 Å². The summed E-state index contributed by atoms with van der Waals surface area (Å²) in [5.74, 6) is 0.454. The summed E-state index contributed by atoms with van der Waals surface area (Å²) in [7, 11) is 0. The van der Waals surface area contributed by atoms with Gasteiger partial charge < -0.3 is 9.80 Å². The number of piperidine rings is 2. The van der Waals surface area contributed by atoms with E-state index < -0.39 is 0 Å². The van der Waals surface area contributed by atoms with Crippen LogP contribution in [-0.4, -0.2) is 41.2 Å². The fourth-order valence-electron chi connectivity index (χ4n) is 4.15. The van der Waals surface area contributed by atoms with Crippen molar-refractivity contribution in [2.75, 3.05) is 19.6 Å². The molecule has 2 heterocycles. The number of nitrogens with zero attached hydrogens (tertiary/aromatic N) is 2. The van der Waals surface area contributed by atoms with Crippen LogP contribution in [0.25, 0.3) is 0 Å². The highest BCUT2D eigenvalue weighted by atomic mass is 16.2. The van der Waals surface area contributed by atoms with Gasteiger partial charge in [-0.25, -0.2) is 0 Å². The molecule has 0 bridgehead atoms. The molecule has 1 unspecified atom stereocenters. The van der Waals surface area contributed by atoms with Gasteiger partial charge in [-0.2, -0.15) is 0 Å². The van der Waals surface area contributed by atoms with E-state index in [1.54, 1.807) is 0 Å². The molecule has 2 aliphatic heterocycles. The van der Waals surface area contributed by atoms with Gasteiger partial charge in [0.1, 0.15) is 0 Å². The van der Waals surface area contributed by atoms with Crippen molar-refractivity contribution in [1.82, 2.24) is 9.80 Å². The summed E-state index contributed by atoms with van der Waals surface area (Å²) in [6, 6.07) is 10.2. The first kappa shape index (κ1) is 17.7. The number of benzene rings is 1. The zero-order valence-electron chi connectivity index (χ0n) is 15.1. The molecule has 0 aliphatic carbocycles. The van der Waals surface area contributed by atoms with Crippen LogP contribution in [0.4, 0.5) is 0 Å². The molecular weight excluding hydrogens is 312 g/mol. The van der Waals surface area contributed by atoms with Crippen LogP contribution >= 0.6 is 0 Å². The Bertz CT molecular complexity index is 641. The highest BCUT2D eigenvalue weighted by molar-refractivity contribution is 5.78. The average Bonchev–Trinajstić information content (AvgIpc) is 2.64. The molecular formula is C21H28N2O2. The number of hydrogen-bond acceptors (Lipinski definition) is 2. The third-order valence-corrected chi connectivity index (χ3v) is 5.51. The van der Waals surface area contributed by atoms with Crippen LogP contribution < -0.4 is 0 Å². The Hall–Kier alpha value is -2.10. The molecule has 2 fully saturated rings. The molecule has 134 valence electrons. The van der Waals surface area contributed by atoms with Crippen molar-refractivity contribution in [1.29, 1.82) is 0 Å². The molecule has 0 radical (unpaired) electrons. The van der Waals surface area contributed by atoms with Crippen LogP contribution in [0.15, 0.2) is 42.5 Å². The van der Waals surface area contributed by atoms with E-state index in [0.29, 0.717) is 19.4 Å². The second-order valence-electron chi connectivity index (χ2n) is 7.43. The van der Waals surface area contributed by atoms with Crippen molar-refractivity contribution in [2.24, 2.45) is 5.41 Å². The van der Waals surface area contributed by atoms with Crippen molar-refractivity contribution < 1.29 is 9.59 Å². The van der Waals surface area contributed by atoms with Gasteiger partial charge in [0.05, 0.1) is 0 Å². The summed E-state index contributed by atoms with van der Waals surface area (Å²) >= 11 is 0. The molecule has 2 amide bonds. The molecule has 4 heteroatoms. The van der Waals surface area contributed by atoms with E-state index >= 15 is 0 Å². The summed E-state index contributed by atoms with van der Waals surface area (Å²) in [4.78, 5) is 28.8. The van der Waals surface area contributed by atoms with Crippen LogP contribution in [0, 0.1) is 5.41 Å². The number of allylic oxidation sites excluding steroid dienone is 1. The Morgan fingerprint density at radius 2 is 2.00 bits per heavy atom. The largest absolute Gasteiger partial charge is 0.342 e. The van der Waals surface area contributed by atoms with E-state index in [2.05, 4.69) is 12.1 Å². The molecule has 25 heavy (non-hydrogen) atoms. The molecule has 1 aromatic carbocycles. The maximum atomic E-state index is 12.4. The van der Waals surface area contributed by atoms with Crippen molar-refractivity contribution in [3.8, 4) is 0 Å². The van der Waals surface area contributed by atoms with Crippen molar-refractivity contribution >= 4 is 11.8 Å². The topological polar surface area (TPSA) is 40.6 Å². The third kappa shape index (κ3) is 4.30. The Morgan fingerprint density at radius 1 is 1.20 bits per heavy atom. The van der Waals surface area contributed by atoms with Crippen molar-refractivity contribution in [3.05, 3.63) is 48.0 Å². The van der Waals surface area contributed by atoms with Crippen LogP contribution in [0.1, 0.15) is 44.6 Å². The van der Waals surface area contributed by atoms with Gasteiger partial charge in [-0.1, -0.05) is 42.5 Å². The van der Waals surface area contributed by atoms with E-state index in [-0.39, 0.29) is 17.2 Å². The van der Waals surface area contributed by atoms with Gasteiger partial charge in [-0.05, 0) is 31.7 Å². The summed E-state index contributed by atoms with van der Waals surface area (Å²) in [6.45, 7) is 5.04. The molecule has 1 atom stereocenters. The second kappa shape index (κ2) is 7.85. The van der Waals surface area contributed by atoms with E-state index in [1.807, 2.05) is 47.1 Å². The Balaban J connectivity index is 1.68. The number of likely N-dealkylation sites (tertiary alicyclic amines) is 2. The summed E-state index contributed by atoms with van der Waals surface area (Å²) in [5, 5.41) is 0. The SMILES string of the molecule is C/C=C/CC(=O)N1CCCC2(CCC(=O)N(Cc3ccccc3)C2)C1. The van der Waals surface area contributed by atoms with E-state index in [1.165, 1.54) is 5.56 Å². The first-order valence-corrected chi connectivity index (χ1v) is 9.32. The molecule has 0 saturated carbocycles. The summed E-state index contributed by atoms with van der Waals surface area (Å²) in [6.07, 6.45) is 8.00. The molecule has 1 aromatic rings. The van der Waals surface area contributed by atoms with Crippen LogP contribution in [0.3, 0.4) is 0 Å². The van der Waals surface area contributed by atoms with E-state index in [4.69, 9.17) is 0 Å². The summed E-state index contributed by atoms with van der Waals surface area (Å²) in [5.41, 5.74) is 1.25. The Morgan fingerprint density at radius 3 is 2.76 bits per heavy atom. The molecule has 4 nitrogen and oxygen atoms in total. The predicted octanol–water partition coefficient (Wildman–Crippen LogP) is 3.38. The molecule has 0 aromatic heterocycles. The van der Waals surface area contributed by atoms with Crippen LogP contribution in [0.5, 0.6) is 0 Å². The first-order valence-electron chi connectivity index (χ1n) is 9.32. The lowest BCUT2D eigenvalue weighted by Gasteiger charge is -2.48. The van der Waals surface area contributed by atoms with E-state index in [9.17, 15) is 9.59 Å². The van der Waals surface area contributed by atoms with Gasteiger partial charge in [-0.15, -0.1) is 0 Å². The van der Waals surface area contributed by atoms with Gasteiger partial charge in [0.25, 0.3) is 0 Å². The normalized spacial score (nSPS) is 24.3. The maximum Gasteiger partial charge on any atom is 0.226 e. The molecule has 2 saturated heterocycles. The van der Waals surface area contributed by atoms with Gasteiger partial charge in [0.2, 0.25) is 11.8 Å². The quantitative estimate of drug-likeness (QED) is 0.789. The predicted molar refractivity (Wildman–Crippen MR) is 98.8 cm³/mol. The minimum atomic E-state index is 0.0759. The lowest BCUT2D eigenvalue weighted by molar-refractivity contribution is -0.143. The lowest BCUT2D eigenvalue weighted by Crippen LogP contribution is -2.54. The maximum absolute atomic E-state index is 12.4. The standard InChI is InChI=1S/C21H28N2O2/c1-2-3-10-19(24)22-14-7-12-21(16-22)13-11-20(25)23(17-21)15-18-8-5-4-6-9-18/h2-6,8-9H,7,10-17H2,1H3/b3-2+. The highest BCUT2D eigenvalue weighted by Crippen LogP contribution is 2.39. The fourth-order valence-corrected chi connectivity index (χ4v) is 4.15. The number of amides is 2. The van der Waals surface area contributed by atoms with Gasteiger partial charge >= 0.3 is 0 Å². The zero-order valence-corrected chi connectivity index (χ0v) is 15.1. The summed E-state index contributed by atoms with van der Waals surface area (Å²) < 4.78 is 0. The second-order valence-corrected chi connectivity index (χ2v) is 7.43. The highest BCUT2D eigenvalue weighted by Gasteiger charge is 2.42. The number of hydrogen-bond donors (Lipinski definition) is 0. The van der Waals surface area contributed by atoms with Gasteiger partial charge in [-0.3, -0.25) is 9.59 Å². The molecule has 3 rings (SSSR count). The average molecular weight is 340 g/mol. The van der Waals surface area contributed by atoms with Gasteiger partial charge in [0.15, 0.2) is 0 Å². The van der Waals surface area contributed by atoms with Crippen molar-refractivity contribution in [2.45, 2.75) is 45.6 Å². The lowest BCUT2D eigenvalue weighted by atomic mass is 9.73. The number of rotatable bonds is 4. The van der Waals surface area contributed by atoms with Gasteiger partial charge in [0, 0.05) is 44.4 Å². The fraction of sp³-hybridized carbons (Fsp3) is 0.524. The van der Waals surface area contributed by atoms with Crippen molar-refractivity contribution in [3.63, 3.8) is 0 Å². The third-order valence-electron chi connectivity index (χ3n) is 5.51. The van der Waals surface area contributed by atoms with E-state index in [0.717, 1.165) is 38.9 Å². The van der Waals surface area contributed by atoms with Crippen LogP contribution in [0.2, 0.25) is 0 Å². The number of carbonyl (C=O) groups excluding carboxylic acids is 2. The number of carbonyl (C=O) groups is 2. The zero-order chi connectivity index (χ0) is 17.7. The molecule has 1 spiro atoms. The monoisotopic (exact) mass is 340 g/mol. The smallest absolute Gasteiger partial charge is 0.226 e. The Kier molecular flexibility index (Phi) is 5.57. The minimum Gasteiger partial charge on any atom is -0.342 e. The molecule has 2 aliphatic rings. The first-order chi connectivity index (χ1) is 12.1. The minimum absolute atomic E-state index is 0.0759.